The van der Waals surface area contributed by atoms with Gasteiger partial charge in [-0.2, -0.15) is 0 Å². The Morgan fingerprint density at radius 1 is 1.06 bits per heavy atom. The molecule has 5 aromatic rings. The molecule has 158 valence electrons. The Hall–Kier alpha value is -4.66. The third kappa shape index (κ3) is 3.52. The molecule has 0 aliphatic rings. The third-order valence-electron chi connectivity index (χ3n) is 4.82. The lowest BCUT2D eigenvalue weighted by molar-refractivity contribution is -0.673. The van der Waals surface area contributed by atoms with Gasteiger partial charge in [0.05, 0.1) is 18.7 Å². The molecule has 9 heteroatoms. The number of para-hydroxylation sites is 2. The molecule has 2 aromatic heterocycles. The Kier molecular flexibility index (Phi) is 4.75. The molecule has 0 unspecified atom stereocenters. The van der Waals surface area contributed by atoms with Crippen LogP contribution in [-0.2, 0) is 0 Å². The van der Waals surface area contributed by atoms with E-state index < -0.39 is 11.5 Å². The number of hydrogen-bond acceptors (Lipinski definition) is 7. The van der Waals surface area contributed by atoms with Gasteiger partial charge in [0.25, 0.3) is 0 Å². The van der Waals surface area contributed by atoms with Gasteiger partial charge in [-0.1, -0.05) is 12.1 Å². The standard InChI is InChI=1S/C23H16N4O5/c1-30-17-12-10-16(11-13-17)27-20(23(29)32-26-27)21(28)24-15-8-6-14(7-9-15)22-25-18-4-2-3-5-19(18)31-22/h2-13H,1H3,(H-,24,25,26,28,29). The van der Waals surface area contributed by atoms with Crippen LogP contribution < -0.4 is 20.2 Å². The maximum Gasteiger partial charge on any atom is 0.436 e. The summed E-state index contributed by atoms with van der Waals surface area (Å²) in [5.74, 6) is 0.356. The first-order valence-corrected chi connectivity index (χ1v) is 9.62. The predicted molar refractivity (Wildman–Crippen MR) is 113 cm³/mol. The van der Waals surface area contributed by atoms with Crippen molar-refractivity contribution in [1.29, 1.82) is 0 Å². The molecular weight excluding hydrogens is 412 g/mol. The number of benzene rings is 3. The van der Waals surface area contributed by atoms with Crippen LogP contribution in [0, 0.1) is 0 Å². The number of aliphatic imine (C=N–C) groups is 1. The third-order valence-corrected chi connectivity index (χ3v) is 4.82. The first kappa shape index (κ1) is 19.3. The number of nitrogens with one attached hydrogen (secondary N) is 1. The second kappa shape index (κ2) is 7.88. The van der Waals surface area contributed by atoms with Gasteiger partial charge in [-0.15, -0.1) is 0 Å². The van der Waals surface area contributed by atoms with Crippen molar-refractivity contribution in [3.05, 3.63) is 88.9 Å². The molecule has 0 aliphatic carbocycles. The van der Waals surface area contributed by atoms with Crippen molar-refractivity contribution in [2.45, 2.75) is 0 Å². The molecule has 0 saturated heterocycles. The number of ether oxygens (including phenoxy) is 1. The Bertz CT molecular complexity index is 1440. The maximum absolute atomic E-state index is 12.8. The highest BCUT2D eigenvalue weighted by molar-refractivity contribution is 5.88. The van der Waals surface area contributed by atoms with Gasteiger partial charge < -0.3 is 14.3 Å². The number of H-pyrrole nitrogens is 1. The van der Waals surface area contributed by atoms with Crippen LogP contribution in [0.2, 0.25) is 0 Å². The first-order chi connectivity index (χ1) is 15.6. The maximum atomic E-state index is 12.8. The van der Waals surface area contributed by atoms with E-state index in [0.29, 0.717) is 28.6 Å². The molecule has 0 aliphatic heterocycles. The molecule has 2 heterocycles. The minimum Gasteiger partial charge on any atom is -0.854 e. The van der Waals surface area contributed by atoms with E-state index >= 15 is 0 Å². The number of nitrogens with zero attached hydrogens (tertiary/aromatic N) is 3. The summed E-state index contributed by atoms with van der Waals surface area (Å²) in [5, 5.41) is 15.2. The van der Waals surface area contributed by atoms with E-state index in [2.05, 4.69) is 15.2 Å². The van der Waals surface area contributed by atoms with E-state index in [1.54, 1.807) is 55.6 Å². The molecule has 5 rings (SSSR count). The minimum absolute atomic E-state index is 0.252. The monoisotopic (exact) mass is 428 g/mol. The number of hydrogen-bond donors (Lipinski definition) is 1. The Morgan fingerprint density at radius 2 is 1.81 bits per heavy atom. The zero-order valence-corrected chi connectivity index (χ0v) is 16.8. The predicted octanol–water partition coefficient (Wildman–Crippen LogP) is 2.50. The summed E-state index contributed by atoms with van der Waals surface area (Å²) in [5.41, 5.74) is 2.00. The Balaban J connectivity index is 1.45. The molecule has 0 spiro atoms. The highest BCUT2D eigenvalue weighted by Gasteiger charge is 2.24. The summed E-state index contributed by atoms with van der Waals surface area (Å²) < 4.78 is 16.9. The fourth-order valence-electron chi connectivity index (χ4n) is 3.21. The number of rotatable bonds is 5. The first-order valence-electron chi connectivity index (χ1n) is 9.62. The normalized spacial score (nSPS) is 11.7. The van der Waals surface area contributed by atoms with E-state index in [-0.39, 0.29) is 5.69 Å². The SMILES string of the molecule is COc1ccc(-[n+]2[nH]oc(=O)c2C([O-])=Nc2ccc(-c3nc4ccccc4o3)cc2)cc1. The average Bonchev–Trinajstić information content (AvgIpc) is 3.43. The lowest BCUT2D eigenvalue weighted by Gasteiger charge is -2.05. The van der Waals surface area contributed by atoms with Crippen LogP contribution in [0.5, 0.6) is 5.75 Å². The highest BCUT2D eigenvalue weighted by Crippen LogP contribution is 2.26. The topological polar surface area (TPSA) is 121 Å². The van der Waals surface area contributed by atoms with Crippen molar-refractivity contribution >= 4 is 22.7 Å². The van der Waals surface area contributed by atoms with E-state index in [0.717, 1.165) is 11.1 Å². The van der Waals surface area contributed by atoms with Crippen LogP contribution in [0.1, 0.15) is 5.69 Å². The number of methoxy groups -OCH3 is 1. The van der Waals surface area contributed by atoms with Crippen LogP contribution in [0.15, 0.2) is 91.5 Å². The fourth-order valence-corrected chi connectivity index (χ4v) is 3.21. The second-order valence-electron chi connectivity index (χ2n) is 6.81. The van der Waals surface area contributed by atoms with Crippen molar-refractivity contribution in [1.82, 2.24) is 10.3 Å². The van der Waals surface area contributed by atoms with Gasteiger partial charge in [-0.25, -0.2) is 9.78 Å². The van der Waals surface area contributed by atoms with E-state index in [1.807, 2.05) is 24.3 Å². The quantitative estimate of drug-likeness (QED) is 0.261. The van der Waals surface area contributed by atoms with Crippen molar-refractivity contribution < 1.29 is 23.5 Å². The molecule has 0 radical (unpaired) electrons. The minimum atomic E-state index is -0.822. The molecule has 0 atom stereocenters. The summed E-state index contributed by atoms with van der Waals surface area (Å²) in [6.45, 7) is 0. The number of aromatic amines is 1. The van der Waals surface area contributed by atoms with Gasteiger partial charge in [0.1, 0.15) is 11.3 Å². The van der Waals surface area contributed by atoms with Crippen LogP contribution in [0.4, 0.5) is 5.69 Å². The molecule has 0 amide bonds. The van der Waals surface area contributed by atoms with Crippen molar-refractivity contribution in [3.8, 4) is 22.9 Å². The molecule has 32 heavy (non-hydrogen) atoms. The van der Waals surface area contributed by atoms with Crippen LogP contribution in [-0.4, -0.2) is 23.3 Å². The van der Waals surface area contributed by atoms with Gasteiger partial charge in [-0.05, 0) is 58.5 Å². The lowest BCUT2D eigenvalue weighted by atomic mass is 10.2. The van der Waals surface area contributed by atoms with Crippen molar-refractivity contribution in [3.63, 3.8) is 0 Å². The lowest BCUT2D eigenvalue weighted by Crippen LogP contribution is -2.44. The summed E-state index contributed by atoms with van der Waals surface area (Å²) in [4.78, 5) is 20.6. The van der Waals surface area contributed by atoms with Crippen molar-refractivity contribution in [2.24, 2.45) is 4.99 Å². The van der Waals surface area contributed by atoms with Gasteiger partial charge in [0, 0.05) is 17.7 Å². The molecule has 0 saturated carbocycles. The number of fused-ring (bicyclic) bond motifs is 1. The molecule has 3 aromatic carbocycles. The highest BCUT2D eigenvalue weighted by atomic mass is 16.5. The van der Waals surface area contributed by atoms with Gasteiger partial charge >= 0.3 is 11.3 Å². The molecular formula is C23H16N4O5. The Labute approximate surface area is 180 Å². The van der Waals surface area contributed by atoms with E-state index in [1.165, 1.54) is 4.68 Å². The fraction of sp³-hybridized carbons (Fsp3) is 0.0435. The van der Waals surface area contributed by atoms with E-state index in [9.17, 15) is 9.90 Å². The smallest absolute Gasteiger partial charge is 0.436 e. The van der Waals surface area contributed by atoms with Crippen molar-refractivity contribution in [2.75, 3.05) is 7.11 Å². The summed E-state index contributed by atoms with van der Waals surface area (Å²) in [6, 6.07) is 21.0. The molecule has 1 N–H and O–H groups in total. The zero-order chi connectivity index (χ0) is 22.1. The van der Waals surface area contributed by atoms with Crippen LogP contribution in [0.25, 0.3) is 28.2 Å². The molecule has 0 bridgehead atoms. The molecule has 9 nitrogen and oxygen atoms in total. The van der Waals surface area contributed by atoms with Gasteiger partial charge in [0.2, 0.25) is 11.6 Å². The van der Waals surface area contributed by atoms with Crippen LogP contribution >= 0.6 is 0 Å². The molecule has 0 fully saturated rings. The van der Waals surface area contributed by atoms with E-state index in [4.69, 9.17) is 13.7 Å². The van der Waals surface area contributed by atoms with Gasteiger partial charge in [0.15, 0.2) is 5.58 Å². The summed E-state index contributed by atoms with van der Waals surface area (Å²) >= 11 is 0. The average molecular weight is 428 g/mol. The second-order valence-corrected chi connectivity index (χ2v) is 6.81. The summed E-state index contributed by atoms with van der Waals surface area (Å²) in [6.07, 6.45) is 0. The summed E-state index contributed by atoms with van der Waals surface area (Å²) in [7, 11) is 1.55. The zero-order valence-electron chi connectivity index (χ0n) is 16.8. The Morgan fingerprint density at radius 3 is 2.53 bits per heavy atom. The largest absolute Gasteiger partial charge is 0.854 e. The number of oxazole rings is 1. The van der Waals surface area contributed by atoms with Crippen LogP contribution in [0.3, 0.4) is 0 Å². The number of aromatic nitrogens is 3. The van der Waals surface area contributed by atoms with Gasteiger partial charge in [-0.3, -0.25) is 9.52 Å².